The Morgan fingerprint density at radius 1 is 1.17 bits per heavy atom. The fraction of sp³-hybridized carbons (Fsp3) is 0.500. The molecule has 4 atom stereocenters. The van der Waals surface area contributed by atoms with Gasteiger partial charge in [0.15, 0.2) is 0 Å². The Balaban J connectivity index is 1.41. The number of nitrogens with one attached hydrogen (secondary N) is 1. The summed E-state index contributed by atoms with van der Waals surface area (Å²) in [5.41, 5.74) is 0. The number of halogens is 4. The predicted octanol–water partition coefficient (Wildman–Crippen LogP) is 2.25. The highest BCUT2D eigenvalue weighted by atomic mass is 19.4. The van der Waals surface area contributed by atoms with E-state index in [2.05, 4.69) is 10.1 Å². The SMILES string of the molecule is O=C(c1n[nH]c(C(F)(F)F)n1)N1C[C@H]2C[C@@H](Oc3ccc(F)cc3)[C@H](O)C[C@H]2C1. The number of carbonyl (C=O) groups excluding carboxylic acids is 1. The van der Waals surface area contributed by atoms with Gasteiger partial charge in [-0.25, -0.2) is 4.39 Å². The van der Waals surface area contributed by atoms with Gasteiger partial charge in [-0.15, -0.1) is 5.10 Å². The molecule has 1 aliphatic heterocycles. The molecular weight excluding hydrogens is 396 g/mol. The summed E-state index contributed by atoms with van der Waals surface area (Å²) in [4.78, 5) is 17.2. The number of nitrogens with zero attached hydrogens (tertiary/aromatic N) is 3. The summed E-state index contributed by atoms with van der Waals surface area (Å²) in [5.74, 6) is -2.47. The van der Waals surface area contributed by atoms with E-state index in [-0.39, 0.29) is 11.8 Å². The summed E-state index contributed by atoms with van der Waals surface area (Å²) in [7, 11) is 0. The van der Waals surface area contributed by atoms with Crippen LogP contribution in [0.1, 0.15) is 29.3 Å². The molecule has 1 aliphatic carbocycles. The molecule has 1 aromatic heterocycles. The number of amides is 1. The molecule has 2 aromatic rings. The van der Waals surface area contributed by atoms with Crippen LogP contribution in [0.4, 0.5) is 17.6 Å². The van der Waals surface area contributed by atoms with Crippen LogP contribution in [-0.2, 0) is 6.18 Å². The van der Waals surface area contributed by atoms with Gasteiger partial charge in [-0.2, -0.15) is 18.2 Å². The molecule has 1 aromatic carbocycles. The highest BCUT2D eigenvalue weighted by molar-refractivity contribution is 5.90. The lowest BCUT2D eigenvalue weighted by Crippen LogP contribution is -2.42. The molecule has 2 heterocycles. The van der Waals surface area contributed by atoms with E-state index in [0.29, 0.717) is 31.7 Å². The number of aromatic nitrogens is 3. The van der Waals surface area contributed by atoms with Crippen molar-refractivity contribution in [2.24, 2.45) is 11.8 Å². The van der Waals surface area contributed by atoms with Gasteiger partial charge in [0, 0.05) is 13.1 Å². The molecule has 7 nitrogen and oxygen atoms in total. The Kier molecular flexibility index (Phi) is 4.93. The van der Waals surface area contributed by atoms with E-state index in [9.17, 15) is 27.5 Å². The molecule has 156 valence electrons. The van der Waals surface area contributed by atoms with Crippen LogP contribution in [0.3, 0.4) is 0 Å². The normalized spacial score (nSPS) is 27.0. The predicted molar refractivity (Wildman–Crippen MR) is 90.3 cm³/mol. The average molecular weight is 414 g/mol. The van der Waals surface area contributed by atoms with Gasteiger partial charge in [0.05, 0.1) is 6.10 Å². The van der Waals surface area contributed by atoms with Crippen molar-refractivity contribution in [3.8, 4) is 5.75 Å². The van der Waals surface area contributed by atoms with Crippen molar-refractivity contribution in [3.05, 3.63) is 41.7 Å². The largest absolute Gasteiger partial charge is 0.488 e. The zero-order chi connectivity index (χ0) is 20.8. The number of likely N-dealkylation sites (tertiary alicyclic amines) is 1. The Morgan fingerprint density at radius 2 is 1.83 bits per heavy atom. The first kappa shape index (κ1) is 19.6. The molecule has 1 saturated heterocycles. The van der Waals surface area contributed by atoms with Crippen LogP contribution in [0.5, 0.6) is 5.75 Å². The first-order chi connectivity index (χ1) is 13.7. The minimum absolute atomic E-state index is 0.00282. The molecule has 0 spiro atoms. The third-order valence-corrected chi connectivity index (χ3v) is 5.42. The first-order valence-corrected chi connectivity index (χ1v) is 9.10. The maximum absolute atomic E-state index is 13.0. The minimum atomic E-state index is -4.71. The van der Waals surface area contributed by atoms with E-state index in [1.165, 1.54) is 29.2 Å². The number of benzene rings is 1. The molecule has 0 bridgehead atoms. The number of aliphatic hydroxyl groups is 1. The fourth-order valence-electron chi connectivity index (χ4n) is 4.00. The second-order valence-corrected chi connectivity index (χ2v) is 7.38. The standard InChI is InChI=1S/C18H18F4N4O3/c19-11-1-3-12(4-2-11)29-14-6-10-8-26(7-9(10)5-13(14)27)16(28)15-23-17(25-24-15)18(20,21)22/h1-4,9-10,13-14,27H,5-8H2,(H,23,24,25)/t9-,10+,13+,14+/m0/s1. The summed E-state index contributed by atoms with van der Waals surface area (Å²) < 4.78 is 56.8. The second-order valence-electron chi connectivity index (χ2n) is 7.38. The summed E-state index contributed by atoms with van der Waals surface area (Å²) in [6, 6.07) is 5.46. The van der Waals surface area contributed by atoms with Gasteiger partial charge in [0.25, 0.3) is 5.91 Å². The molecule has 2 aliphatic rings. The monoisotopic (exact) mass is 414 g/mol. The van der Waals surface area contributed by atoms with E-state index in [1.807, 2.05) is 0 Å². The molecule has 0 unspecified atom stereocenters. The van der Waals surface area contributed by atoms with Crippen LogP contribution in [0, 0.1) is 17.7 Å². The van der Waals surface area contributed by atoms with E-state index in [1.54, 1.807) is 5.10 Å². The lowest BCUT2D eigenvalue weighted by molar-refractivity contribution is -0.144. The lowest BCUT2D eigenvalue weighted by atomic mass is 9.78. The zero-order valence-electron chi connectivity index (χ0n) is 15.1. The number of aromatic amines is 1. The fourth-order valence-corrected chi connectivity index (χ4v) is 4.00. The Labute approximate surface area is 162 Å². The van der Waals surface area contributed by atoms with Crippen LogP contribution in [0.15, 0.2) is 24.3 Å². The first-order valence-electron chi connectivity index (χ1n) is 9.10. The number of hydrogen-bond acceptors (Lipinski definition) is 5. The highest BCUT2D eigenvalue weighted by Gasteiger charge is 2.45. The van der Waals surface area contributed by atoms with Gasteiger partial charge in [-0.3, -0.25) is 9.89 Å². The second kappa shape index (κ2) is 7.29. The number of hydrogen-bond donors (Lipinski definition) is 2. The Morgan fingerprint density at radius 3 is 2.45 bits per heavy atom. The molecule has 4 rings (SSSR count). The molecule has 2 N–H and O–H groups in total. The number of ether oxygens (including phenoxy) is 1. The van der Waals surface area contributed by atoms with E-state index in [4.69, 9.17) is 4.74 Å². The maximum atomic E-state index is 13.0. The van der Waals surface area contributed by atoms with Crippen molar-refractivity contribution >= 4 is 5.91 Å². The van der Waals surface area contributed by atoms with Crippen LogP contribution in [0.25, 0.3) is 0 Å². The van der Waals surface area contributed by atoms with Gasteiger partial charge in [-0.1, -0.05) is 0 Å². The summed E-state index contributed by atoms with van der Waals surface area (Å²) in [6.07, 6.45) is -5.13. The van der Waals surface area contributed by atoms with E-state index in [0.717, 1.165) is 0 Å². The highest BCUT2D eigenvalue weighted by Crippen LogP contribution is 2.38. The minimum Gasteiger partial charge on any atom is -0.488 e. The van der Waals surface area contributed by atoms with Crippen LogP contribution < -0.4 is 4.74 Å². The average Bonchev–Trinajstić information content (AvgIpc) is 3.30. The topological polar surface area (TPSA) is 91.3 Å². The smallest absolute Gasteiger partial charge is 0.451 e. The number of aliphatic hydroxyl groups excluding tert-OH is 1. The molecule has 1 saturated carbocycles. The van der Waals surface area contributed by atoms with E-state index < -0.39 is 41.8 Å². The van der Waals surface area contributed by atoms with Crippen molar-refractivity contribution < 1.29 is 32.2 Å². The Hall–Kier alpha value is -2.69. The van der Waals surface area contributed by atoms with Crippen LogP contribution in [0.2, 0.25) is 0 Å². The number of rotatable bonds is 3. The third-order valence-electron chi connectivity index (χ3n) is 5.42. The van der Waals surface area contributed by atoms with Crippen LogP contribution >= 0.6 is 0 Å². The van der Waals surface area contributed by atoms with E-state index >= 15 is 0 Å². The Bertz CT molecular complexity index is 886. The van der Waals surface area contributed by atoms with Crippen molar-refractivity contribution in [2.45, 2.75) is 31.2 Å². The van der Waals surface area contributed by atoms with Gasteiger partial charge < -0.3 is 14.7 Å². The molecule has 11 heteroatoms. The molecule has 2 fully saturated rings. The van der Waals surface area contributed by atoms with Crippen LogP contribution in [-0.4, -0.2) is 56.4 Å². The summed E-state index contributed by atoms with van der Waals surface area (Å²) in [5, 5.41) is 15.5. The zero-order valence-corrected chi connectivity index (χ0v) is 15.1. The van der Waals surface area contributed by atoms with Crippen molar-refractivity contribution in [1.82, 2.24) is 20.1 Å². The van der Waals surface area contributed by atoms with Crippen molar-refractivity contribution in [1.29, 1.82) is 0 Å². The van der Waals surface area contributed by atoms with Crippen molar-refractivity contribution in [3.63, 3.8) is 0 Å². The van der Waals surface area contributed by atoms with Gasteiger partial charge in [0.1, 0.15) is 17.7 Å². The molecule has 0 radical (unpaired) electrons. The van der Waals surface area contributed by atoms with Gasteiger partial charge >= 0.3 is 6.18 Å². The quantitative estimate of drug-likeness (QED) is 0.752. The maximum Gasteiger partial charge on any atom is 0.451 e. The van der Waals surface area contributed by atoms with Gasteiger partial charge in [0.2, 0.25) is 11.6 Å². The number of fused-ring (bicyclic) bond motifs is 1. The molecular formula is C18H18F4N4O3. The van der Waals surface area contributed by atoms with Gasteiger partial charge in [-0.05, 0) is 48.9 Å². The number of carbonyl (C=O) groups is 1. The molecule has 1 amide bonds. The summed E-state index contributed by atoms with van der Waals surface area (Å²) >= 11 is 0. The number of alkyl halides is 3. The lowest BCUT2D eigenvalue weighted by Gasteiger charge is -2.35. The summed E-state index contributed by atoms with van der Waals surface area (Å²) in [6.45, 7) is 0.620. The molecule has 29 heavy (non-hydrogen) atoms. The number of H-pyrrole nitrogens is 1. The van der Waals surface area contributed by atoms with Crippen molar-refractivity contribution in [2.75, 3.05) is 13.1 Å². The third kappa shape index (κ3) is 4.04.